The first-order valence-electron chi connectivity index (χ1n) is 6.49. The number of nitrogens with one attached hydrogen (secondary N) is 2. The van der Waals surface area contributed by atoms with Crippen molar-refractivity contribution in [3.05, 3.63) is 59.1 Å². The summed E-state index contributed by atoms with van der Waals surface area (Å²) in [5.74, 6) is -0.473. The summed E-state index contributed by atoms with van der Waals surface area (Å²) in [6.07, 6.45) is 0. The fourth-order valence-corrected chi connectivity index (χ4v) is 2.90. The number of amides is 1. The van der Waals surface area contributed by atoms with E-state index in [1.165, 1.54) is 12.1 Å². The summed E-state index contributed by atoms with van der Waals surface area (Å²) in [6.45, 7) is 1.49. The Morgan fingerprint density at radius 2 is 1.82 bits per heavy atom. The molecule has 5 nitrogen and oxygen atoms in total. The lowest BCUT2D eigenvalue weighted by atomic mass is 10.2. The van der Waals surface area contributed by atoms with Crippen LogP contribution in [0.25, 0.3) is 0 Å². The molecule has 22 heavy (non-hydrogen) atoms. The fraction of sp³-hybridized carbons (Fsp3) is 0.133. The van der Waals surface area contributed by atoms with Gasteiger partial charge in [0.15, 0.2) is 0 Å². The highest BCUT2D eigenvalue weighted by molar-refractivity contribution is 7.89. The fourth-order valence-electron chi connectivity index (χ4n) is 1.72. The first-order chi connectivity index (χ1) is 10.4. The minimum absolute atomic E-state index is 0.112. The van der Waals surface area contributed by atoms with Crippen LogP contribution in [0.3, 0.4) is 0 Å². The number of hydrogen-bond donors (Lipinski definition) is 2. The number of aryl methyl sites for hydroxylation is 1. The zero-order valence-corrected chi connectivity index (χ0v) is 13.4. The molecule has 0 aromatic heterocycles. The molecule has 0 bridgehead atoms. The van der Waals surface area contributed by atoms with Crippen LogP contribution in [0.4, 0.5) is 5.69 Å². The summed E-state index contributed by atoms with van der Waals surface area (Å²) in [7, 11) is -3.70. The topological polar surface area (TPSA) is 75.3 Å². The van der Waals surface area contributed by atoms with Gasteiger partial charge >= 0.3 is 0 Å². The monoisotopic (exact) mass is 338 g/mol. The highest BCUT2D eigenvalue weighted by atomic mass is 35.5. The summed E-state index contributed by atoms with van der Waals surface area (Å²) in [4.78, 5) is 11.9. The molecule has 0 aliphatic carbocycles. The molecule has 2 N–H and O–H groups in total. The molecule has 0 spiro atoms. The molecule has 0 heterocycles. The lowest BCUT2D eigenvalue weighted by Crippen LogP contribution is -2.32. The summed E-state index contributed by atoms with van der Waals surface area (Å²) in [5, 5.41) is 3.11. The Labute approximate surface area is 134 Å². The van der Waals surface area contributed by atoms with Crippen LogP contribution in [0.5, 0.6) is 0 Å². The van der Waals surface area contributed by atoms with Gasteiger partial charge in [0.1, 0.15) is 0 Å². The molecule has 0 saturated heterocycles. The van der Waals surface area contributed by atoms with Gasteiger partial charge in [-0.2, -0.15) is 0 Å². The first-order valence-corrected chi connectivity index (χ1v) is 8.35. The van der Waals surface area contributed by atoms with Gasteiger partial charge in [0, 0.05) is 10.7 Å². The summed E-state index contributed by atoms with van der Waals surface area (Å²) in [6, 6.07) is 12.9. The molecule has 0 unspecified atom stereocenters. The maximum absolute atomic E-state index is 12.0. The second-order valence-corrected chi connectivity index (χ2v) is 6.82. The van der Waals surface area contributed by atoms with Crippen molar-refractivity contribution < 1.29 is 13.2 Å². The van der Waals surface area contributed by atoms with Gasteiger partial charge in [0.05, 0.1) is 11.4 Å². The van der Waals surface area contributed by atoms with Crippen molar-refractivity contribution in [2.24, 2.45) is 0 Å². The molecule has 7 heteroatoms. The SMILES string of the molecule is Cc1ccc(NC(=O)CNS(=O)(=O)c2ccccc2)cc1Cl. The Hall–Kier alpha value is -1.89. The van der Waals surface area contributed by atoms with Crippen LogP contribution in [0, 0.1) is 6.92 Å². The third-order valence-electron chi connectivity index (χ3n) is 2.93. The zero-order valence-electron chi connectivity index (χ0n) is 11.8. The van der Waals surface area contributed by atoms with Crippen LogP contribution in [0.2, 0.25) is 5.02 Å². The quantitative estimate of drug-likeness (QED) is 0.879. The molecule has 2 aromatic rings. The van der Waals surface area contributed by atoms with E-state index in [0.29, 0.717) is 10.7 Å². The van der Waals surface area contributed by atoms with E-state index in [2.05, 4.69) is 10.0 Å². The van der Waals surface area contributed by atoms with Crippen molar-refractivity contribution >= 4 is 33.2 Å². The van der Waals surface area contributed by atoms with E-state index in [1.54, 1.807) is 36.4 Å². The maximum atomic E-state index is 12.0. The Morgan fingerprint density at radius 3 is 2.45 bits per heavy atom. The van der Waals surface area contributed by atoms with E-state index < -0.39 is 15.9 Å². The maximum Gasteiger partial charge on any atom is 0.241 e. The van der Waals surface area contributed by atoms with Crippen LogP contribution < -0.4 is 10.0 Å². The average molecular weight is 339 g/mol. The van der Waals surface area contributed by atoms with E-state index in [9.17, 15) is 13.2 Å². The molecule has 0 aliphatic heterocycles. The predicted octanol–water partition coefficient (Wildman–Crippen LogP) is 2.57. The molecule has 116 valence electrons. The van der Waals surface area contributed by atoms with Gasteiger partial charge in [0.25, 0.3) is 0 Å². The molecule has 0 fully saturated rings. The van der Waals surface area contributed by atoms with Gasteiger partial charge in [-0.25, -0.2) is 13.1 Å². The number of benzene rings is 2. The largest absolute Gasteiger partial charge is 0.325 e. The summed E-state index contributed by atoms with van der Waals surface area (Å²) >= 11 is 5.96. The third kappa shape index (κ3) is 4.30. The van der Waals surface area contributed by atoms with Crippen molar-refractivity contribution in [3.63, 3.8) is 0 Å². The Morgan fingerprint density at radius 1 is 1.14 bits per heavy atom. The smallest absolute Gasteiger partial charge is 0.241 e. The van der Waals surface area contributed by atoms with E-state index >= 15 is 0 Å². The highest BCUT2D eigenvalue weighted by Crippen LogP contribution is 2.19. The average Bonchev–Trinajstić information content (AvgIpc) is 2.50. The van der Waals surface area contributed by atoms with Crippen molar-refractivity contribution in [1.29, 1.82) is 0 Å². The molecule has 0 saturated carbocycles. The molecule has 0 atom stereocenters. The van der Waals surface area contributed by atoms with Gasteiger partial charge in [-0.15, -0.1) is 0 Å². The first kappa shape index (κ1) is 16.5. The number of hydrogen-bond acceptors (Lipinski definition) is 3. The summed E-state index contributed by atoms with van der Waals surface area (Å²) in [5.41, 5.74) is 1.41. The van der Waals surface area contributed by atoms with Crippen LogP contribution in [-0.2, 0) is 14.8 Å². The Kier molecular flexibility index (Phi) is 5.18. The minimum atomic E-state index is -3.70. The van der Waals surface area contributed by atoms with Gasteiger partial charge in [-0.05, 0) is 36.8 Å². The molecular formula is C15H15ClN2O3S. The van der Waals surface area contributed by atoms with Gasteiger partial charge in [0.2, 0.25) is 15.9 Å². The second kappa shape index (κ2) is 6.91. The minimum Gasteiger partial charge on any atom is -0.325 e. The molecular weight excluding hydrogens is 324 g/mol. The van der Waals surface area contributed by atoms with E-state index in [-0.39, 0.29) is 11.4 Å². The van der Waals surface area contributed by atoms with Gasteiger partial charge < -0.3 is 5.32 Å². The Balaban J connectivity index is 1.97. The van der Waals surface area contributed by atoms with E-state index in [1.807, 2.05) is 6.92 Å². The molecule has 1 amide bonds. The van der Waals surface area contributed by atoms with E-state index in [4.69, 9.17) is 11.6 Å². The van der Waals surface area contributed by atoms with Crippen LogP contribution >= 0.6 is 11.6 Å². The van der Waals surface area contributed by atoms with Gasteiger partial charge in [-0.3, -0.25) is 4.79 Å². The lowest BCUT2D eigenvalue weighted by Gasteiger charge is -2.08. The van der Waals surface area contributed by atoms with Crippen LogP contribution in [0.15, 0.2) is 53.4 Å². The van der Waals surface area contributed by atoms with Gasteiger partial charge in [-0.1, -0.05) is 35.9 Å². The lowest BCUT2D eigenvalue weighted by molar-refractivity contribution is -0.115. The molecule has 0 radical (unpaired) electrons. The summed E-state index contributed by atoms with van der Waals surface area (Å²) < 4.78 is 26.2. The van der Waals surface area contributed by atoms with Crippen molar-refractivity contribution in [2.75, 3.05) is 11.9 Å². The van der Waals surface area contributed by atoms with Crippen molar-refractivity contribution in [3.8, 4) is 0 Å². The number of carbonyl (C=O) groups is 1. The number of carbonyl (C=O) groups excluding carboxylic acids is 1. The number of sulfonamides is 1. The molecule has 2 aromatic carbocycles. The highest BCUT2D eigenvalue weighted by Gasteiger charge is 2.14. The zero-order chi connectivity index (χ0) is 16.2. The van der Waals surface area contributed by atoms with Crippen molar-refractivity contribution in [1.82, 2.24) is 4.72 Å². The Bertz CT molecular complexity index is 777. The van der Waals surface area contributed by atoms with E-state index in [0.717, 1.165) is 5.56 Å². The second-order valence-electron chi connectivity index (χ2n) is 4.65. The number of rotatable bonds is 5. The van der Waals surface area contributed by atoms with Crippen LogP contribution in [-0.4, -0.2) is 20.9 Å². The number of anilines is 1. The third-order valence-corrected chi connectivity index (χ3v) is 4.76. The standard InChI is InChI=1S/C15H15ClN2O3S/c1-11-7-8-12(9-14(11)16)18-15(19)10-17-22(20,21)13-5-3-2-4-6-13/h2-9,17H,10H2,1H3,(H,18,19). The number of halogens is 1. The molecule has 2 rings (SSSR count). The van der Waals surface area contributed by atoms with Crippen LogP contribution in [0.1, 0.15) is 5.56 Å². The van der Waals surface area contributed by atoms with Crippen molar-refractivity contribution in [2.45, 2.75) is 11.8 Å². The molecule has 0 aliphatic rings. The normalized spacial score (nSPS) is 11.2. The predicted molar refractivity (Wildman–Crippen MR) is 86.4 cm³/mol.